The van der Waals surface area contributed by atoms with Gasteiger partial charge in [0.05, 0.1) is 0 Å². The van der Waals surface area contributed by atoms with Gasteiger partial charge < -0.3 is 5.73 Å². The molecule has 0 aliphatic heterocycles. The second-order valence-electron chi connectivity index (χ2n) is 2.67. The van der Waals surface area contributed by atoms with Gasteiger partial charge >= 0.3 is 0 Å². The van der Waals surface area contributed by atoms with Crippen molar-refractivity contribution < 1.29 is 0 Å². The third-order valence-corrected chi connectivity index (χ3v) is 2.42. The number of aromatic nitrogens is 1. The fourth-order valence-electron chi connectivity index (χ4n) is 1.01. The van der Waals surface area contributed by atoms with Crippen LogP contribution in [-0.2, 0) is 6.42 Å². The zero-order valence-electron chi connectivity index (χ0n) is 7.77. The van der Waals surface area contributed by atoms with Crippen molar-refractivity contribution in [3.05, 3.63) is 30.1 Å². The first-order valence-corrected chi connectivity index (χ1v) is 5.13. The van der Waals surface area contributed by atoms with Gasteiger partial charge in [-0.15, -0.1) is 12.4 Å². The largest absolute Gasteiger partial charge is 0.379 e. The summed E-state index contributed by atoms with van der Waals surface area (Å²) in [6.45, 7) is 0. The Hall–Kier alpha value is -0.740. The molecular weight excluding hydrogens is 218 g/mol. The SMILES string of the molecule is Cl.N=C(N)SCCCc1ccncc1. The average Bonchev–Trinajstić information content (AvgIpc) is 2.14. The second-order valence-corrected chi connectivity index (χ2v) is 3.81. The number of hydrogen-bond acceptors (Lipinski definition) is 3. The van der Waals surface area contributed by atoms with Gasteiger partial charge in [0, 0.05) is 18.1 Å². The van der Waals surface area contributed by atoms with Crippen molar-refractivity contribution >= 4 is 29.3 Å². The highest BCUT2D eigenvalue weighted by Crippen LogP contribution is 2.06. The number of nitrogens with two attached hydrogens (primary N) is 1. The summed E-state index contributed by atoms with van der Waals surface area (Å²) in [6.07, 6.45) is 5.68. The summed E-state index contributed by atoms with van der Waals surface area (Å²) >= 11 is 1.40. The van der Waals surface area contributed by atoms with Gasteiger partial charge in [0.1, 0.15) is 0 Å². The van der Waals surface area contributed by atoms with Crippen LogP contribution in [0.4, 0.5) is 0 Å². The Bertz CT molecular complexity index is 266. The molecule has 0 fully saturated rings. The smallest absolute Gasteiger partial charge is 0.151 e. The van der Waals surface area contributed by atoms with Crippen LogP contribution in [0.5, 0.6) is 0 Å². The fourth-order valence-corrected chi connectivity index (χ4v) is 1.52. The Morgan fingerprint density at radius 2 is 2.07 bits per heavy atom. The van der Waals surface area contributed by atoms with Crippen molar-refractivity contribution in [2.75, 3.05) is 5.75 Å². The van der Waals surface area contributed by atoms with E-state index in [4.69, 9.17) is 11.1 Å². The van der Waals surface area contributed by atoms with Crippen LogP contribution in [0.2, 0.25) is 0 Å². The van der Waals surface area contributed by atoms with E-state index in [1.165, 1.54) is 17.3 Å². The molecule has 3 N–H and O–H groups in total. The van der Waals surface area contributed by atoms with E-state index in [-0.39, 0.29) is 17.6 Å². The van der Waals surface area contributed by atoms with Crippen molar-refractivity contribution in [2.45, 2.75) is 12.8 Å². The van der Waals surface area contributed by atoms with Crippen molar-refractivity contribution in [1.82, 2.24) is 4.98 Å². The maximum absolute atomic E-state index is 7.01. The molecular formula is C9H14ClN3S. The maximum atomic E-state index is 7.01. The highest BCUT2D eigenvalue weighted by Gasteiger charge is 1.93. The van der Waals surface area contributed by atoms with Crippen LogP contribution in [0.25, 0.3) is 0 Å². The highest BCUT2D eigenvalue weighted by atomic mass is 35.5. The second kappa shape index (κ2) is 7.64. The molecule has 0 bridgehead atoms. The molecule has 14 heavy (non-hydrogen) atoms. The van der Waals surface area contributed by atoms with E-state index in [2.05, 4.69) is 4.98 Å². The molecule has 0 spiro atoms. The lowest BCUT2D eigenvalue weighted by molar-refractivity contribution is 0.931. The summed E-state index contributed by atoms with van der Waals surface area (Å²) in [5.41, 5.74) is 6.50. The average molecular weight is 232 g/mol. The van der Waals surface area contributed by atoms with Crippen LogP contribution >= 0.6 is 24.2 Å². The number of thioether (sulfide) groups is 1. The van der Waals surface area contributed by atoms with Crippen LogP contribution < -0.4 is 5.73 Å². The van der Waals surface area contributed by atoms with Crippen LogP contribution in [-0.4, -0.2) is 15.9 Å². The Morgan fingerprint density at radius 1 is 1.43 bits per heavy atom. The molecule has 0 unspecified atom stereocenters. The molecule has 0 amide bonds. The van der Waals surface area contributed by atoms with Gasteiger partial charge in [-0.1, -0.05) is 11.8 Å². The minimum absolute atomic E-state index is 0. The van der Waals surface area contributed by atoms with Gasteiger partial charge in [0.2, 0.25) is 0 Å². The molecule has 0 aliphatic rings. The van der Waals surface area contributed by atoms with E-state index < -0.39 is 0 Å². The van der Waals surface area contributed by atoms with Gasteiger partial charge in [-0.05, 0) is 30.5 Å². The number of rotatable bonds is 4. The van der Waals surface area contributed by atoms with E-state index in [0.717, 1.165) is 18.6 Å². The van der Waals surface area contributed by atoms with Gasteiger partial charge in [-0.25, -0.2) is 0 Å². The van der Waals surface area contributed by atoms with Crippen molar-refractivity contribution in [1.29, 1.82) is 5.41 Å². The molecule has 0 aromatic carbocycles. The molecule has 0 saturated carbocycles. The Balaban J connectivity index is 0.00000169. The predicted molar refractivity (Wildman–Crippen MR) is 64.2 cm³/mol. The van der Waals surface area contributed by atoms with Gasteiger partial charge in [-0.2, -0.15) is 0 Å². The fraction of sp³-hybridized carbons (Fsp3) is 0.333. The van der Waals surface area contributed by atoms with Crippen molar-refractivity contribution in [3.63, 3.8) is 0 Å². The third kappa shape index (κ3) is 5.83. The molecule has 1 rings (SSSR count). The normalized spacial score (nSPS) is 9.14. The summed E-state index contributed by atoms with van der Waals surface area (Å²) in [7, 11) is 0. The summed E-state index contributed by atoms with van der Waals surface area (Å²) in [4.78, 5) is 3.94. The van der Waals surface area contributed by atoms with E-state index in [9.17, 15) is 0 Å². The topological polar surface area (TPSA) is 62.8 Å². The van der Waals surface area contributed by atoms with Crippen LogP contribution in [0.1, 0.15) is 12.0 Å². The van der Waals surface area contributed by atoms with E-state index in [1.54, 1.807) is 12.4 Å². The third-order valence-electron chi connectivity index (χ3n) is 1.62. The first kappa shape index (κ1) is 13.3. The molecule has 5 heteroatoms. The first-order valence-electron chi connectivity index (χ1n) is 4.15. The van der Waals surface area contributed by atoms with E-state index >= 15 is 0 Å². The number of hydrogen-bond donors (Lipinski definition) is 2. The molecule has 1 aromatic rings. The minimum atomic E-state index is 0. The standard InChI is InChI=1S/C9H13N3S.ClH/c10-9(11)13-7-1-2-8-3-5-12-6-4-8;/h3-6H,1-2,7H2,(H3,10,11);1H. The molecule has 0 saturated heterocycles. The minimum Gasteiger partial charge on any atom is -0.379 e. The van der Waals surface area contributed by atoms with Crippen LogP contribution in [0.15, 0.2) is 24.5 Å². The molecule has 1 heterocycles. The van der Waals surface area contributed by atoms with E-state index in [0.29, 0.717) is 0 Å². The van der Waals surface area contributed by atoms with Gasteiger partial charge in [0.15, 0.2) is 5.17 Å². The van der Waals surface area contributed by atoms with E-state index in [1.807, 2.05) is 12.1 Å². The number of nitrogens with zero attached hydrogens (tertiary/aromatic N) is 1. The Morgan fingerprint density at radius 3 is 2.64 bits per heavy atom. The summed E-state index contributed by atoms with van der Waals surface area (Å²) in [6, 6.07) is 4.02. The Kier molecular flexibility index (Phi) is 7.24. The molecule has 1 aromatic heterocycles. The summed E-state index contributed by atoms with van der Waals surface area (Å²) in [5.74, 6) is 0.914. The molecule has 0 aliphatic carbocycles. The number of pyridine rings is 1. The zero-order chi connectivity index (χ0) is 9.52. The lowest BCUT2D eigenvalue weighted by Crippen LogP contribution is -2.04. The summed E-state index contributed by atoms with van der Waals surface area (Å²) < 4.78 is 0. The molecule has 78 valence electrons. The molecule has 0 radical (unpaired) electrons. The van der Waals surface area contributed by atoms with Crippen LogP contribution in [0, 0.1) is 5.41 Å². The van der Waals surface area contributed by atoms with Crippen molar-refractivity contribution in [2.24, 2.45) is 5.73 Å². The monoisotopic (exact) mass is 231 g/mol. The predicted octanol–water partition coefficient (Wildman–Crippen LogP) is 2.06. The number of halogens is 1. The number of amidine groups is 1. The molecule has 3 nitrogen and oxygen atoms in total. The maximum Gasteiger partial charge on any atom is 0.151 e. The summed E-state index contributed by atoms with van der Waals surface area (Å²) in [5, 5.41) is 7.21. The van der Waals surface area contributed by atoms with Crippen molar-refractivity contribution in [3.8, 4) is 0 Å². The first-order chi connectivity index (χ1) is 6.29. The highest BCUT2D eigenvalue weighted by molar-refractivity contribution is 8.13. The number of nitrogens with one attached hydrogen (secondary N) is 1. The Labute approximate surface area is 94.4 Å². The molecule has 0 atom stereocenters. The quantitative estimate of drug-likeness (QED) is 0.474. The van der Waals surface area contributed by atoms with Gasteiger partial charge in [0.25, 0.3) is 0 Å². The number of aryl methyl sites for hydroxylation is 1. The lowest BCUT2D eigenvalue weighted by atomic mass is 10.2. The lowest BCUT2D eigenvalue weighted by Gasteiger charge is -1.99. The van der Waals surface area contributed by atoms with Crippen LogP contribution in [0.3, 0.4) is 0 Å². The van der Waals surface area contributed by atoms with Gasteiger partial charge in [-0.3, -0.25) is 10.4 Å². The zero-order valence-corrected chi connectivity index (χ0v) is 9.40.